The minimum atomic E-state index is -0.648. The van der Waals surface area contributed by atoms with Crippen molar-refractivity contribution < 1.29 is 23.7 Å². The monoisotopic (exact) mass is 426 g/mol. The molecule has 31 heavy (non-hydrogen) atoms. The molecule has 1 heterocycles. The Morgan fingerprint density at radius 2 is 1.55 bits per heavy atom. The number of anilines is 2. The van der Waals surface area contributed by atoms with Crippen molar-refractivity contribution in [1.29, 1.82) is 0 Å². The lowest BCUT2D eigenvalue weighted by Gasteiger charge is -2.13. The van der Waals surface area contributed by atoms with Crippen LogP contribution in [0.4, 0.5) is 16.3 Å². The quantitative estimate of drug-likeness (QED) is 0.597. The number of methoxy groups -OCH3 is 4. The fourth-order valence-electron chi connectivity index (χ4n) is 2.82. The molecule has 0 saturated carbocycles. The van der Waals surface area contributed by atoms with Crippen LogP contribution in [0.2, 0.25) is 0 Å². The first-order chi connectivity index (χ1) is 15.0. The van der Waals surface area contributed by atoms with Gasteiger partial charge in [-0.25, -0.2) is 9.78 Å². The van der Waals surface area contributed by atoms with Crippen molar-refractivity contribution in [3.05, 3.63) is 59.1 Å². The molecule has 0 aliphatic carbocycles. The molecule has 0 aliphatic heterocycles. The molecule has 0 bridgehead atoms. The molecule has 0 radical (unpaired) electrons. The molecule has 2 aromatic carbocycles. The SMILES string of the molecule is COc1cc(NC(=O)Nc2nccn(-c3ccc(OC)c(OC)c3)c2=O)cc(OC)c1. The van der Waals surface area contributed by atoms with Gasteiger partial charge in [0.25, 0.3) is 5.56 Å². The van der Waals surface area contributed by atoms with Crippen molar-refractivity contribution >= 4 is 17.5 Å². The van der Waals surface area contributed by atoms with Crippen molar-refractivity contribution in [3.8, 4) is 28.7 Å². The summed E-state index contributed by atoms with van der Waals surface area (Å²) in [7, 11) is 6.03. The molecule has 10 nitrogen and oxygen atoms in total. The average Bonchev–Trinajstić information content (AvgIpc) is 2.79. The number of rotatable bonds is 7. The first-order valence-electron chi connectivity index (χ1n) is 9.10. The van der Waals surface area contributed by atoms with Crippen molar-refractivity contribution in [1.82, 2.24) is 9.55 Å². The molecule has 0 aliphatic rings. The van der Waals surface area contributed by atoms with Crippen molar-refractivity contribution in [2.45, 2.75) is 0 Å². The van der Waals surface area contributed by atoms with Gasteiger partial charge in [0.05, 0.1) is 34.1 Å². The van der Waals surface area contributed by atoms with Crippen LogP contribution in [0, 0.1) is 0 Å². The summed E-state index contributed by atoms with van der Waals surface area (Å²) in [5.41, 5.74) is 0.420. The standard InChI is InChI=1S/C21H22N4O6/c1-28-15-9-13(10-16(12-15)29-2)23-21(27)24-19-20(26)25(8-7-22-19)14-5-6-17(30-3)18(11-14)31-4/h5-12H,1-4H3,(H2,22,23,24,27). The smallest absolute Gasteiger partial charge is 0.325 e. The molecule has 2 N–H and O–H groups in total. The first-order valence-corrected chi connectivity index (χ1v) is 9.10. The number of nitrogens with zero attached hydrogens (tertiary/aromatic N) is 2. The van der Waals surface area contributed by atoms with E-state index < -0.39 is 11.6 Å². The number of benzene rings is 2. The van der Waals surface area contributed by atoms with Gasteiger partial charge in [0.1, 0.15) is 11.5 Å². The van der Waals surface area contributed by atoms with Gasteiger partial charge in [-0.1, -0.05) is 0 Å². The number of amides is 2. The predicted molar refractivity (Wildman–Crippen MR) is 115 cm³/mol. The van der Waals surface area contributed by atoms with Crippen molar-refractivity contribution in [2.24, 2.45) is 0 Å². The summed E-state index contributed by atoms with van der Waals surface area (Å²) >= 11 is 0. The molecule has 0 spiro atoms. The summed E-state index contributed by atoms with van der Waals surface area (Å²) < 4.78 is 22.2. The Balaban J connectivity index is 1.84. The molecule has 10 heteroatoms. The second kappa shape index (κ2) is 9.53. The van der Waals surface area contributed by atoms with E-state index in [9.17, 15) is 9.59 Å². The van der Waals surface area contributed by atoms with Gasteiger partial charge in [-0.2, -0.15) is 0 Å². The highest BCUT2D eigenvalue weighted by molar-refractivity contribution is 5.99. The molecule has 2 amide bonds. The molecule has 3 rings (SSSR count). The maximum atomic E-state index is 12.9. The number of carbonyl (C=O) groups is 1. The van der Waals surface area contributed by atoms with Gasteiger partial charge in [0.15, 0.2) is 11.5 Å². The van der Waals surface area contributed by atoms with Crippen LogP contribution in [0.1, 0.15) is 0 Å². The van der Waals surface area contributed by atoms with E-state index in [0.29, 0.717) is 34.4 Å². The minimum absolute atomic E-state index is 0.148. The molecular weight excluding hydrogens is 404 g/mol. The maximum Gasteiger partial charge on any atom is 0.325 e. The van der Waals surface area contributed by atoms with E-state index >= 15 is 0 Å². The summed E-state index contributed by atoms with van der Waals surface area (Å²) in [6.07, 6.45) is 2.89. The van der Waals surface area contributed by atoms with Gasteiger partial charge in [0.2, 0.25) is 5.82 Å². The van der Waals surface area contributed by atoms with Crippen LogP contribution in [-0.4, -0.2) is 44.0 Å². The lowest BCUT2D eigenvalue weighted by atomic mass is 10.2. The zero-order chi connectivity index (χ0) is 22.4. The van der Waals surface area contributed by atoms with Crippen LogP contribution in [0.15, 0.2) is 53.6 Å². The lowest BCUT2D eigenvalue weighted by Crippen LogP contribution is -2.28. The van der Waals surface area contributed by atoms with Gasteiger partial charge in [-0.3, -0.25) is 14.7 Å². The Morgan fingerprint density at radius 3 is 2.16 bits per heavy atom. The van der Waals surface area contributed by atoms with Crippen LogP contribution >= 0.6 is 0 Å². The van der Waals surface area contributed by atoms with Gasteiger partial charge in [0, 0.05) is 42.3 Å². The van der Waals surface area contributed by atoms with E-state index in [2.05, 4.69) is 15.6 Å². The van der Waals surface area contributed by atoms with Crippen molar-refractivity contribution in [2.75, 3.05) is 39.1 Å². The number of aromatic nitrogens is 2. The molecule has 0 saturated heterocycles. The largest absolute Gasteiger partial charge is 0.497 e. The fourth-order valence-corrected chi connectivity index (χ4v) is 2.82. The zero-order valence-electron chi connectivity index (χ0n) is 17.5. The van der Waals surface area contributed by atoms with E-state index in [0.717, 1.165) is 0 Å². The van der Waals surface area contributed by atoms with Gasteiger partial charge < -0.3 is 24.3 Å². The average molecular weight is 426 g/mol. The zero-order valence-corrected chi connectivity index (χ0v) is 17.5. The molecular formula is C21H22N4O6. The Bertz CT molecular complexity index is 1120. The molecule has 0 fully saturated rings. The van der Waals surface area contributed by atoms with Crippen LogP contribution in [0.3, 0.4) is 0 Å². The topological polar surface area (TPSA) is 113 Å². The summed E-state index contributed by atoms with van der Waals surface area (Å²) in [5, 5.41) is 5.09. The first kappa shape index (κ1) is 21.5. The molecule has 1 aromatic heterocycles. The number of carbonyl (C=O) groups excluding carboxylic acids is 1. The third kappa shape index (κ3) is 4.86. The van der Waals surface area contributed by atoms with Crippen LogP contribution < -0.4 is 35.1 Å². The van der Waals surface area contributed by atoms with Crippen molar-refractivity contribution in [3.63, 3.8) is 0 Å². The maximum absolute atomic E-state index is 12.9. The van der Waals surface area contributed by atoms with E-state index in [-0.39, 0.29) is 5.82 Å². The number of hydrogen-bond acceptors (Lipinski definition) is 7. The second-order valence-electron chi connectivity index (χ2n) is 6.17. The fraction of sp³-hybridized carbons (Fsp3) is 0.190. The van der Waals surface area contributed by atoms with E-state index in [4.69, 9.17) is 18.9 Å². The van der Waals surface area contributed by atoms with Crippen LogP contribution in [0.5, 0.6) is 23.0 Å². The number of hydrogen-bond donors (Lipinski definition) is 2. The minimum Gasteiger partial charge on any atom is -0.497 e. The van der Waals surface area contributed by atoms with Gasteiger partial charge in [-0.15, -0.1) is 0 Å². The molecule has 3 aromatic rings. The van der Waals surface area contributed by atoms with E-state index in [1.54, 1.807) is 36.4 Å². The Morgan fingerprint density at radius 1 is 0.871 bits per heavy atom. The number of urea groups is 1. The highest BCUT2D eigenvalue weighted by Crippen LogP contribution is 2.29. The third-order valence-electron chi connectivity index (χ3n) is 4.33. The van der Waals surface area contributed by atoms with Crippen LogP contribution in [-0.2, 0) is 0 Å². The van der Waals surface area contributed by atoms with E-state index in [1.165, 1.54) is 45.4 Å². The second-order valence-corrected chi connectivity index (χ2v) is 6.17. The molecule has 0 unspecified atom stereocenters. The van der Waals surface area contributed by atoms with Gasteiger partial charge >= 0.3 is 6.03 Å². The summed E-state index contributed by atoms with van der Waals surface area (Å²) in [5.74, 6) is 1.85. The lowest BCUT2D eigenvalue weighted by molar-refractivity contribution is 0.262. The van der Waals surface area contributed by atoms with Crippen LogP contribution in [0.25, 0.3) is 5.69 Å². The molecule has 0 atom stereocenters. The van der Waals surface area contributed by atoms with Gasteiger partial charge in [-0.05, 0) is 12.1 Å². The Kier molecular flexibility index (Phi) is 6.61. The highest BCUT2D eigenvalue weighted by atomic mass is 16.5. The number of ether oxygens (including phenoxy) is 4. The summed E-state index contributed by atoms with van der Waals surface area (Å²) in [4.78, 5) is 29.3. The summed E-state index contributed by atoms with van der Waals surface area (Å²) in [6.45, 7) is 0. The summed E-state index contributed by atoms with van der Waals surface area (Å²) in [6, 6.07) is 9.26. The number of nitrogens with one attached hydrogen (secondary N) is 2. The Labute approximate surface area is 178 Å². The third-order valence-corrected chi connectivity index (χ3v) is 4.33. The normalized spacial score (nSPS) is 10.2. The molecule has 162 valence electrons. The van der Waals surface area contributed by atoms with E-state index in [1.807, 2.05) is 0 Å². The Hall–Kier alpha value is -4.21. The predicted octanol–water partition coefficient (Wildman–Crippen LogP) is 2.91. The highest BCUT2D eigenvalue weighted by Gasteiger charge is 2.13.